The predicted octanol–water partition coefficient (Wildman–Crippen LogP) is 0.929. The van der Waals surface area contributed by atoms with Crippen LogP contribution in [0.3, 0.4) is 0 Å². The average molecular weight is 258 g/mol. The number of anilines is 1. The first-order valence-electron chi connectivity index (χ1n) is 7.02. The maximum absolute atomic E-state index is 6.09. The number of nitrogens with two attached hydrogens (primary N) is 1. The molecule has 0 unspecified atom stereocenters. The highest BCUT2D eigenvalue weighted by atomic mass is 15.4. The zero-order valence-corrected chi connectivity index (χ0v) is 10.9. The zero-order valence-electron chi connectivity index (χ0n) is 10.9. The lowest BCUT2D eigenvalue weighted by atomic mass is 10.1. The second-order valence-electron chi connectivity index (χ2n) is 5.63. The summed E-state index contributed by atoms with van der Waals surface area (Å²) in [5.41, 5.74) is 7.25. The third-order valence-corrected chi connectivity index (χ3v) is 4.03. The summed E-state index contributed by atoms with van der Waals surface area (Å²) in [6, 6.07) is 2.43. The van der Waals surface area contributed by atoms with E-state index >= 15 is 0 Å². The summed E-state index contributed by atoms with van der Waals surface area (Å²) in [5, 5.41) is 4.30. The topological polar surface area (TPSA) is 72.3 Å². The van der Waals surface area contributed by atoms with Gasteiger partial charge in [-0.3, -0.25) is 0 Å². The molecule has 2 aromatic heterocycles. The molecule has 3 heterocycles. The maximum atomic E-state index is 6.09. The zero-order chi connectivity index (χ0) is 12.8. The van der Waals surface area contributed by atoms with Gasteiger partial charge in [0.15, 0.2) is 0 Å². The normalized spacial score (nSPS) is 24.1. The van der Waals surface area contributed by atoms with Gasteiger partial charge in [0.2, 0.25) is 0 Å². The molecule has 0 aromatic carbocycles. The number of nitrogens with zero attached hydrogens (tertiary/aromatic N) is 5. The van der Waals surface area contributed by atoms with E-state index in [2.05, 4.69) is 26.0 Å². The lowest BCUT2D eigenvalue weighted by Crippen LogP contribution is -2.43. The number of fused-ring (bicyclic) bond motifs is 1. The van der Waals surface area contributed by atoms with Crippen molar-refractivity contribution in [2.45, 2.75) is 37.6 Å². The smallest absolute Gasteiger partial charge is 0.254 e. The first-order chi connectivity index (χ1) is 9.31. The van der Waals surface area contributed by atoms with Crippen molar-refractivity contribution < 1.29 is 0 Å². The molecule has 1 saturated carbocycles. The van der Waals surface area contributed by atoms with Crippen LogP contribution in [0, 0.1) is 0 Å². The highest BCUT2D eigenvalue weighted by Gasteiger charge is 2.28. The Morgan fingerprint density at radius 3 is 2.95 bits per heavy atom. The van der Waals surface area contributed by atoms with Crippen LogP contribution in [-0.4, -0.2) is 38.7 Å². The van der Waals surface area contributed by atoms with Gasteiger partial charge in [0.05, 0.1) is 5.69 Å². The first kappa shape index (κ1) is 11.2. The van der Waals surface area contributed by atoms with E-state index in [1.807, 2.05) is 4.52 Å². The molecular formula is C13H18N6. The van der Waals surface area contributed by atoms with E-state index in [1.54, 1.807) is 6.33 Å². The molecule has 0 spiro atoms. The number of hydrogen-bond donors (Lipinski definition) is 1. The van der Waals surface area contributed by atoms with Crippen molar-refractivity contribution >= 4 is 11.6 Å². The van der Waals surface area contributed by atoms with Crippen LogP contribution in [0.5, 0.6) is 0 Å². The van der Waals surface area contributed by atoms with Gasteiger partial charge in [0.25, 0.3) is 5.78 Å². The van der Waals surface area contributed by atoms with E-state index in [0.29, 0.717) is 11.7 Å². The molecule has 2 aromatic rings. The molecular weight excluding hydrogens is 240 g/mol. The summed E-state index contributed by atoms with van der Waals surface area (Å²) in [7, 11) is 0. The molecule has 0 radical (unpaired) electrons. The van der Waals surface area contributed by atoms with Crippen molar-refractivity contribution in [3.63, 3.8) is 0 Å². The van der Waals surface area contributed by atoms with Crippen LogP contribution in [0.25, 0.3) is 5.78 Å². The summed E-state index contributed by atoms with van der Waals surface area (Å²) in [6.45, 7) is 1.93. The van der Waals surface area contributed by atoms with Crippen LogP contribution in [0.4, 0.5) is 5.82 Å². The Labute approximate surface area is 111 Å². The molecule has 0 amide bonds. The molecule has 4 rings (SSSR count). The van der Waals surface area contributed by atoms with Crippen molar-refractivity contribution in [2.24, 2.45) is 5.73 Å². The number of hydrogen-bond acceptors (Lipinski definition) is 5. The summed E-state index contributed by atoms with van der Waals surface area (Å²) >= 11 is 0. The van der Waals surface area contributed by atoms with E-state index in [9.17, 15) is 0 Å². The molecule has 6 heteroatoms. The molecule has 1 aliphatic carbocycles. The van der Waals surface area contributed by atoms with Crippen molar-refractivity contribution in [1.29, 1.82) is 0 Å². The van der Waals surface area contributed by atoms with Crippen molar-refractivity contribution in [1.82, 2.24) is 19.6 Å². The fourth-order valence-electron chi connectivity index (χ4n) is 2.85. The van der Waals surface area contributed by atoms with E-state index in [4.69, 9.17) is 5.73 Å². The van der Waals surface area contributed by atoms with Crippen LogP contribution in [0.2, 0.25) is 0 Å². The molecule has 1 atom stereocenters. The van der Waals surface area contributed by atoms with E-state index in [-0.39, 0.29) is 6.04 Å². The van der Waals surface area contributed by atoms with E-state index in [1.165, 1.54) is 12.8 Å². The number of rotatable bonds is 2. The van der Waals surface area contributed by atoms with Gasteiger partial charge in [0, 0.05) is 31.1 Å². The number of aromatic nitrogens is 4. The third kappa shape index (κ3) is 1.96. The lowest BCUT2D eigenvalue weighted by molar-refractivity contribution is 0.500. The van der Waals surface area contributed by atoms with E-state index in [0.717, 1.165) is 37.4 Å². The fourth-order valence-corrected chi connectivity index (χ4v) is 2.85. The third-order valence-electron chi connectivity index (χ3n) is 4.03. The Morgan fingerprint density at radius 2 is 2.16 bits per heavy atom. The van der Waals surface area contributed by atoms with Crippen LogP contribution in [0.1, 0.15) is 37.3 Å². The average Bonchev–Trinajstić information content (AvgIpc) is 3.16. The van der Waals surface area contributed by atoms with Gasteiger partial charge in [0.1, 0.15) is 12.1 Å². The molecule has 2 N–H and O–H groups in total. The quantitative estimate of drug-likeness (QED) is 0.867. The molecule has 100 valence electrons. The minimum atomic E-state index is 0.255. The first-order valence-corrected chi connectivity index (χ1v) is 7.02. The highest BCUT2D eigenvalue weighted by Crippen LogP contribution is 2.40. The van der Waals surface area contributed by atoms with Gasteiger partial charge in [-0.2, -0.15) is 14.6 Å². The Hall–Kier alpha value is -1.69. The predicted molar refractivity (Wildman–Crippen MR) is 72.2 cm³/mol. The number of piperidine rings is 1. The lowest BCUT2D eigenvalue weighted by Gasteiger charge is -2.32. The maximum Gasteiger partial charge on any atom is 0.254 e. The van der Waals surface area contributed by atoms with Crippen molar-refractivity contribution in [2.75, 3.05) is 18.0 Å². The molecule has 1 aliphatic heterocycles. The van der Waals surface area contributed by atoms with Crippen LogP contribution < -0.4 is 10.6 Å². The molecule has 19 heavy (non-hydrogen) atoms. The van der Waals surface area contributed by atoms with Crippen molar-refractivity contribution in [3.05, 3.63) is 18.1 Å². The highest BCUT2D eigenvalue weighted by molar-refractivity contribution is 5.49. The Bertz CT molecular complexity index is 602. The standard InChI is InChI=1S/C13H18N6/c14-10-2-1-5-18(7-10)12-6-11(9-3-4-9)17-13-15-8-16-19(12)13/h6,8-10H,1-5,7,14H2/t10-/m1/s1. The van der Waals surface area contributed by atoms with Crippen LogP contribution in [0.15, 0.2) is 12.4 Å². The molecule has 2 aliphatic rings. The molecule has 0 bridgehead atoms. The van der Waals surface area contributed by atoms with Crippen molar-refractivity contribution in [3.8, 4) is 0 Å². The van der Waals surface area contributed by atoms with Gasteiger partial charge in [-0.1, -0.05) is 0 Å². The van der Waals surface area contributed by atoms with E-state index < -0.39 is 0 Å². The summed E-state index contributed by atoms with van der Waals surface area (Å²) in [4.78, 5) is 11.2. The Kier molecular flexibility index (Phi) is 2.44. The summed E-state index contributed by atoms with van der Waals surface area (Å²) in [5.74, 6) is 2.43. The van der Waals surface area contributed by atoms with Gasteiger partial charge in [-0.05, 0) is 25.7 Å². The largest absolute Gasteiger partial charge is 0.355 e. The van der Waals surface area contributed by atoms with Gasteiger partial charge < -0.3 is 10.6 Å². The summed E-state index contributed by atoms with van der Waals surface area (Å²) < 4.78 is 1.84. The molecule has 1 saturated heterocycles. The van der Waals surface area contributed by atoms with Gasteiger partial charge in [-0.25, -0.2) is 4.98 Å². The Morgan fingerprint density at radius 1 is 1.26 bits per heavy atom. The SMILES string of the molecule is N[C@@H]1CCCN(c2cc(C3CC3)nc3ncnn23)C1. The minimum absolute atomic E-state index is 0.255. The van der Waals surface area contributed by atoms with Gasteiger partial charge in [-0.15, -0.1) is 0 Å². The Balaban J connectivity index is 1.79. The summed E-state index contributed by atoms with van der Waals surface area (Å²) in [6.07, 6.45) is 6.31. The van der Waals surface area contributed by atoms with Gasteiger partial charge >= 0.3 is 0 Å². The second kappa shape index (κ2) is 4.16. The van der Waals surface area contributed by atoms with Crippen LogP contribution >= 0.6 is 0 Å². The molecule has 6 nitrogen and oxygen atoms in total. The second-order valence-corrected chi connectivity index (χ2v) is 5.63. The monoisotopic (exact) mass is 258 g/mol. The molecule has 2 fully saturated rings. The minimum Gasteiger partial charge on any atom is -0.355 e. The fraction of sp³-hybridized carbons (Fsp3) is 0.615. The van der Waals surface area contributed by atoms with Crippen LogP contribution in [-0.2, 0) is 0 Å².